The van der Waals surface area contributed by atoms with E-state index in [9.17, 15) is 14.4 Å². The Morgan fingerprint density at radius 2 is 2.27 bits per heavy atom. The fourth-order valence-corrected chi connectivity index (χ4v) is 2.50. The number of nitrogens with zero attached hydrogens (tertiary/aromatic N) is 3. The molecule has 3 heterocycles. The zero-order valence-electron chi connectivity index (χ0n) is 12.1. The Kier molecular flexibility index (Phi) is 3.80. The van der Waals surface area contributed by atoms with Crippen LogP contribution in [0.5, 0.6) is 0 Å². The second-order valence-electron chi connectivity index (χ2n) is 5.11. The molecule has 9 nitrogen and oxygen atoms in total. The van der Waals surface area contributed by atoms with E-state index in [0.29, 0.717) is 31.1 Å². The van der Waals surface area contributed by atoms with E-state index in [1.165, 1.54) is 0 Å². The number of hydrogen-bond donors (Lipinski definition) is 1. The largest absolute Gasteiger partial charge is 0.443 e. The third-order valence-corrected chi connectivity index (χ3v) is 3.62. The van der Waals surface area contributed by atoms with Crippen LogP contribution in [0.4, 0.5) is 4.79 Å². The number of fused-ring (bicyclic) bond motifs is 1. The van der Waals surface area contributed by atoms with Gasteiger partial charge in [0.2, 0.25) is 11.8 Å². The number of rotatable bonds is 4. The number of methoxy groups -OCH3 is 1. The van der Waals surface area contributed by atoms with Crippen molar-refractivity contribution in [3.8, 4) is 0 Å². The number of oxazole rings is 1. The number of amides is 4. The molecule has 118 valence electrons. The molecule has 1 saturated heterocycles. The van der Waals surface area contributed by atoms with Gasteiger partial charge in [0.05, 0.1) is 13.1 Å². The lowest BCUT2D eigenvalue weighted by molar-refractivity contribution is -0.137. The normalized spacial score (nSPS) is 17.7. The highest BCUT2D eigenvalue weighted by atomic mass is 16.5. The number of ether oxygens (including phenoxy) is 1. The predicted molar refractivity (Wildman–Crippen MR) is 71.4 cm³/mol. The van der Waals surface area contributed by atoms with Gasteiger partial charge in [0, 0.05) is 20.1 Å². The van der Waals surface area contributed by atoms with Crippen LogP contribution in [0.3, 0.4) is 0 Å². The summed E-state index contributed by atoms with van der Waals surface area (Å²) < 4.78 is 10.5. The summed E-state index contributed by atoms with van der Waals surface area (Å²) in [6.07, 6.45) is 0.554. The number of carbonyl (C=O) groups excluding carboxylic acids is 3. The summed E-state index contributed by atoms with van der Waals surface area (Å²) in [6.45, 7) is 0.758. The van der Waals surface area contributed by atoms with E-state index in [1.807, 2.05) is 0 Å². The molecule has 1 aromatic rings. The van der Waals surface area contributed by atoms with Gasteiger partial charge in [0.15, 0.2) is 0 Å². The van der Waals surface area contributed by atoms with Crippen molar-refractivity contribution in [3.63, 3.8) is 0 Å². The summed E-state index contributed by atoms with van der Waals surface area (Å²) in [5.74, 6) is 0.564. The van der Waals surface area contributed by atoms with Crippen LogP contribution in [0.1, 0.15) is 17.3 Å². The maximum absolute atomic E-state index is 12.3. The molecule has 3 rings (SSSR count). The molecule has 0 spiro atoms. The van der Waals surface area contributed by atoms with Gasteiger partial charge in [-0.2, -0.15) is 0 Å². The minimum atomic E-state index is -0.528. The average Bonchev–Trinajstić information content (AvgIpc) is 3.04. The lowest BCUT2D eigenvalue weighted by Crippen LogP contribution is -2.44. The maximum atomic E-state index is 12.3. The van der Waals surface area contributed by atoms with E-state index in [0.717, 1.165) is 10.7 Å². The van der Waals surface area contributed by atoms with Crippen molar-refractivity contribution < 1.29 is 23.5 Å². The molecule has 9 heteroatoms. The number of aromatic nitrogens is 1. The number of imide groups is 1. The molecule has 1 fully saturated rings. The van der Waals surface area contributed by atoms with Crippen LogP contribution >= 0.6 is 0 Å². The number of nitrogens with one attached hydrogen (secondary N) is 1. The van der Waals surface area contributed by atoms with Crippen LogP contribution in [-0.2, 0) is 33.9 Å². The molecule has 1 N–H and O–H groups in total. The summed E-state index contributed by atoms with van der Waals surface area (Å²) in [4.78, 5) is 42.0. The third kappa shape index (κ3) is 2.67. The summed E-state index contributed by atoms with van der Waals surface area (Å²) >= 11 is 0. The summed E-state index contributed by atoms with van der Waals surface area (Å²) in [7, 11) is 1.55. The summed E-state index contributed by atoms with van der Waals surface area (Å²) in [5, 5.41) is 2.39. The van der Waals surface area contributed by atoms with Crippen LogP contribution < -0.4 is 5.32 Å². The first kappa shape index (κ1) is 14.5. The van der Waals surface area contributed by atoms with Crippen molar-refractivity contribution in [2.24, 2.45) is 0 Å². The quantitative estimate of drug-likeness (QED) is 0.734. The molecule has 0 atom stereocenters. The highest BCUT2D eigenvalue weighted by Gasteiger charge is 2.33. The molecule has 0 aliphatic carbocycles. The molecule has 0 saturated carbocycles. The van der Waals surface area contributed by atoms with Crippen molar-refractivity contribution >= 4 is 17.8 Å². The van der Waals surface area contributed by atoms with E-state index in [2.05, 4.69) is 10.3 Å². The Balaban J connectivity index is 1.65. The van der Waals surface area contributed by atoms with Gasteiger partial charge in [-0.3, -0.25) is 14.5 Å². The van der Waals surface area contributed by atoms with Gasteiger partial charge in [0.25, 0.3) is 5.91 Å². The predicted octanol–water partition coefficient (Wildman–Crippen LogP) is -0.742. The van der Waals surface area contributed by atoms with Crippen molar-refractivity contribution in [1.29, 1.82) is 0 Å². The Hall–Kier alpha value is -2.42. The van der Waals surface area contributed by atoms with E-state index in [-0.39, 0.29) is 31.5 Å². The summed E-state index contributed by atoms with van der Waals surface area (Å²) in [6, 6.07) is -0.528. The average molecular weight is 308 g/mol. The Labute approximate surface area is 126 Å². The van der Waals surface area contributed by atoms with Gasteiger partial charge in [0.1, 0.15) is 24.6 Å². The number of urea groups is 1. The number of hydrogen-bond acceptors (Lipinski definition) is 6. The molecular formula is C13H16N4O5. The Morgan fingerprint density at radius 3 is 2.95 bits per heavy atom. The van der Waals surface area contributed by atoms with E-state index < -0.39 is 6.03 Å². The van der Waals surface area contributed by atoms with Crippen molar-refractivity contribution in [2.75, 3.05) is 26.7 Å². The van der Waals surface area contributed by atoms with Gasteiger partial charge in [-0.05, 0) is 0 Å². The third-order valence-electron chi connectivity index (χ3n) is 3.62. The van der Waals surface area contributed by atoms with Gasteiger partial charge in [-0.15, -0.1) is 0 Å². The van der Waals surface area contributed by atoms with Crippen molar-refractivity contribution in [3.05, 3.63) is 17.3 Å². The minimum absolute atomic E-state index is 0.0556. The van der Waals surface area contributed by atoms with E-state index in [1.54, 1.807) is 12.0 Å². The van der Waals surface area contributed by atoms with E-state index >= 15 is 0 Å². The van der Waals surface area contributed by atoms with Crippen LogP contribution in [0.2, 0.25) is 0 Å². The molecule has 2 aliphatic heterocycles. The van der Waals surface area contributed by atoms with Gasteiger partial charge in [-0.1, -0.05) is 0 Å². The first-order valence-electron chi connectivity index (χ1n) is 6.91. The molecule has 4 amide bonds. The molecule has 2 aliphatic rings. The summed E-state index contributed by atoms with van der Waals surface area (Å²) in [5.41, 5.74) is 0.698. The fraction of sp³-hybridized carbons (Fsp3) is 0.538. The zero-order valence-corrected chi connectivity index (χ0v) is 12.1. The highest BCUT2D eigenvalue weighted by molar-refractivity contribution is 6.04. The van der Waals surface area contributed by atoms with Gasteiger partial charge >= 0.3 is 6.03 Å². The van der Waals surface area contributed by atoms with Crippen LogP contribution in [0.25, 0.3) is 0 Å². The second-order valence-corrected chi connectivity index (χ2v) is 5.11. The second kappa shape index (κ2) is 5.76. The molecular weight excluding hydrogens is 292 g/mol. The Bertz CT molecular complexity index is 610. The fourth-order valence-electron chi connectivity index (χ4n) is 2.50. The van der Waals surface area contributed by atoms with Crippen molar-refractivity contribution in [1.82, 2.24) is 20.1 Å². The molecule has 0 unspecified atom stereocenters. The lowest BCUT2D eigenvalue weighted by Gasteiger charge is -2.26. The molecule has 0 bridgehead atoms. The molecule has 22 heavy (non-hydrogen) atoms. The van der Waals surface area contributed by atoms with Crippen LogP contribution in [0.15, 0.2) is 4.42 Å². The first-order valence-corrected chi connectivity index (χ1v) is 6.91. The molecule has 0 aromatic carbocycles. The van der Waals surface area contributed by atoms with Crippen molar-refractivity contribution in [2.45, 2.75) is 19.6 Å². The van der Waals surface area contributed by atoms with Gasteiger partial charge < -0.3 is 19.4 Å². The standard InChI is InChI=1S/C13H16N4O5/c1-21-7-10-15-8-5-16(3-2-9(8)22-10)12(19)6-17-11(18)4-14-13(17)20/h2-7H2,1H3,(H,14,20). The minimum Gasteiger partial charge on any atom is -0.443 e. The zero-order chi connectivity index (χ0) is 15.7. The maximum Gasteiger partial charge on any atom is 0.325 e. The number of carbonyl (C=O) groups is 3. The smallest absolute Gasteiger partial charge is 0.325 e. The van der Waals surface area contributed by atoms with Crippen LogP contribution in [-0.4, -0.2) is 59.4 Å². The SMILES string of the molecule is COCc1nc2c(o1)CCN(C(=O)CN1C(=O)CNC1=O)C2. The van der Waals surface area contributed by atoms with Crippen LogP contribution in [0, 0.1) is 0 Å². The lowest BCUT2D eigenvalue weighted by atomic mass is 10.1. The topological polar surface area (TPSA) is 105 Å². The highest BCUT2D eigenvalue weighted by Crippen LogP contribution is 2.20. The molecule has 1 aromatic heterocycles. The monoisotopic (exact) mass is 308 g/mol. The molecule has 0 radical (unpaired) electrons. The Morgan fingerprint density at radius 1 is 1.45 bits per heavy atom. The first-order chi connectivity index (χ1) is 10.6. The van der Waals surface area contributed by atoms with E-state index in [4.69, 9.17) is 9.15 Å². The van der Waals surface area contributed by atoms with Gasteiger partial charge in [-0.25, -0.2) is 9.78 Å².